The van der Waals surface area contributed by atoms with Gasteiger partial charge in [-0.3, -0.25) is 14.2 Å². The molecular weight excluding hydrogens is 582 g/mol. The van der Waals surface area contributed by atoms with Gasteiger partial charge < -0.3 is 0 Å². The number of allylic oxidation sites excluding steroid dienone is 1. The number of thiazole rings is 1. The number of hydrogen-bond donors (Lipinski definition) is 0. The van der Waals surface area contributed by atoms with Crippen LogP contribution < -0.4 is 0 Å². The zero-order valence-electron chi connectivity index (χ0n) is 19.0. The number of nitrogens with zero attached hydrogens (tertiary/aromatic N) is 2. The van der Waals surface area contributed by atoms with Crippen molar-refractivity contribution in [3.8, 4) is 16.3 Å². The molecule has 1 aliphatic rings. The molecule has 4 nitrogen and oxygen atoms in total. The molecule has 194 valence electrons. The second-order valence-electron chi connectivity index (χ2n) is 8.42. The van der Waals surface area contributed by atoms with Crippen LogP contribution in [-0.2, 0) is 0 Å². The average molecular weight is 591 g/mol. The molecule has 0 fully saturated rings. The Hall–Kier alpha value is -3.86. The van der Waals surface area contributed by atoms with Gasteiger partial charge in [0.15, 0.2) is 40.5 Å². The van der Waals surface area contributed by atoms with Crippen molar-refractivity contribution >= 4 is 62.5 Å². The number of Topliss-reactive ketones (excluding diaryl/α,β-unsaturated/α-hetero) is 2. The summed E-state index contributed by atoms with van der Waals surface area (Å²) in [4.78, 5) is 30.4. The summed E-state index contributed by atoms with van der Waals surface area (Å²) in [7, 11) is 0. The van der Waals surface area contributed by atoms with E-state index < -0.39 is 51.2 Å². The Morgan fingerprint density at radius 1 is 0.769 bits per heavy atom. The molecule has 0 saturated carbocycles. The lowest BCUT2D eigenvalue weighted by Crippen LogP contribution is -2.04. The molecule has 0 radical (unpaired) electrons. The van der Waals surface area contributed by atoms with Crippen molar-refractivity contribution in [1.29, 1.82) is 0 Å². The van der Waals surface area contributed by atoms with Crippen LogP contribution in [0.4, 0.5) is 22.0 Å². The average Bonchev–Trinajstić information content (AvgIpc) is 3.54. The number of aromatic nitrogens is 2. The molecule has 0 atom stereocenters. The van der Waals surface area contributed by atoms with Gasteiger partial charge in [-0.05, 0) is 36.4 Å². The van der Waals surface area contributed by atoms with Crippen LogP contribution in [0.15, 0.2) is 54.1 Å². The molecule has 6 rings (SSSR count). The van der Waals surface area contributed by atoms with Crippen molar-refractivity contribution in [3.05, 3.63) is 110 Å². The third-order valence-corrected chi connectivity index (χ3v) is 7.88. The van der Waals surface area contributed by atoms with Gasteiger partial charge in [0.25, 0.3) is 0 Å². The zero-order chi connectivity index (χ0) is 27.7. The Kier molecular flexibility index (Phi) is 5.94. The largest absolute Gasteiger partial charge is 0.294 e. The van der Waals surface area contributed by atoms with Gasteiger partial charge in [0, 0.05) is 16.8 Å². The number of rotatable bonds is 3. The van der Waals surface area contributed by atoms with Gasteiger partial charge in [-0.25, -0.2) is 26.9 Å². The molecule has 0 bridgehead atoms. The summed E-state index contributed by atoms with van der Waals surface area (Å²) in [5, 5.41) is -0.229. The number of ketones is 2. The van der Waals surface area contributed by atoms with Gasteiger partial charge in [-0.1, -0.05) is 41.4 Å². The maximum Gasteiger partial charge on any atom is 0.200 e. The van der Waals surface area contributed by atoms with E-state index in [-0.39, 0.29) is 32.4 Å². The van der Waals surface area contributed by atoms with E-state index in [0.717, 1.165) is 0 Å². The van der Waals surface area contributed by atoms with Gasteiger partial charge in [0.1, 0.15) is 5.01 Å². The molecule has 2 aromatic heterocycles. The van der Waals surface area contributed by atoms with Crippen molar-refractivity contribution < 1.29 is 31.5 Å². The van der Waals surface area contributed by atoms with Crippen molar-refractivity contribution in [2.75, 3.05) is 0 Å². The lowest BCUT2D eigenvalue weighted by molar-refractivity contribution is 0.0990. The van der Waals surface area contributed by atoms with Crippen LogP contribution in [0.2, 0.25) is 10.0 Å². The molecular formula is C27H9Cl2F5N2O2S. The van der Waals surface area contributed by atoms with Crippen LogP contribution in [0.5, 0.6) is 0 Å². The van der Waals surface area contributed by atoms with Crippen LogP contribution in [0.1, 0.15) is 26.4 Å². The van der Waals surface area contributed by atoms with Crippen LogP contribution in [0.25, 0.3) is 32.7 Å². The first-order chi connectivity index (χ1) is 18.6. The molecule has 0 amide bonds. The normalized spacial score (nSPS) is 13.1. The molecule has 0 unspecified atom stereocenters. The highest BCUT2D eigenvalue weighted by atomic mass is 35.5. The second kappa shape index (κ2) is 9.11. The SMILES string of the molecule is O=C1C(=Cc2cc3sc(-c4c(F)c(F)c(F)c(F)c4F)nc3n2-c2ccccc2)C(=O)c2cc(Cl)c(Cl)cc21. The fourth-order valence-corrected chi connectivity index (χ4v) is 5.71. The first kappa shape index (κ1) is 25.4. The number of halogens is 7. The summed E-state index contributed by atoms with van der Waals surface area (Å²) in [6.07, 6.45) is 1.34. The van der Waals surface area contributed by atoms with E-state index in [0.29, 0.717) is 27.4 Å². The van der Waals surface area contributed by atoms with Crippen molar-refractivity contribution in [1.82, 2.24) is 9.55 Å². The molecule has 0 N–H and O–H groups in total. The summed E-state index contributed by atoms with van der Waals surface area (Å²) in [6, 6.07) is 12.6. The number of hydrogen-bond acceptors (Lipinski definition) is 4. The molecule has 1 aliphatic carbocycles. The quantitative estimate of drug-likeness (QED) is 0.0699. The van der Waals surface area contributed by atoms with Crippen molar-refractivity contribution in [2.24, 2.45) is 0 Å². The Morgan fingerprint density at radius 3 is 1.87 bits per heavy atom. The molecule has 39 heavy (non-hydrogen) atoms. The minimum absolute atomic E-state index is 0.0898. The minimum Gasteiger partial charge on any atom is -0.294 e. The van der Waals surface area contributed by atoms with Crippen LogP contribution in [0.3, 0.4) is 0 Å². The van der Waals surface area contributed by atoms with Gasteiger partial charge in [0.05, 0.1) is 31.6 Å². The predicted octanol–water partition coefficient (Wildman–Crippen LogP) is 8.22. The van der Waals surface area contributed by atoms with Crippen LogP contribution in [0, 0.1) is 29.1 Å². The Labute approximate surface area is 229 Å². The first-order valence-electron chi connectivity index (χ1n) is 11.0. The number of benzene rings is 3. The third-order valence-electron chi connectivity index (χ3n) is 6.15. The Bertz CT molecular complexity index is 1860. The molecule has 2 heterocycles. The van der Waals surface area contributed by atoms with E-state index >= 15 is 0 Å². The van der Waals surface area contributed by atoms with Gasteiger partial charge in [0.2, 0.25) is 5.82 Å². The topological polar surface area (TPSA) is 52.0 Å². The monoisotopic (exact) mass is 590 g/mol. The van der Waals surface area contributed by atoms with Crippen LogP contribution >= 0.6 is 34.5 Å². The van der Waals surface area contributed by atoms with E-state index in [1.54, 1.807) is 30.3 Å². The fourth-order valence-electron chi connectivity index (χ4n) is 4.35. The number of fused-ring (bicyclic) bond motifs is 2. The highest BCUT2D eigenvalue weighted by Gasteiger charge is 2.35. The van der Waals surface area contributed by atoms with E-state index in [9.17, 15) is 31.5 Å². The van der Waals surface area contributed by atoms with Crippen molar-refractivity contribution in [3.63, 3.8) is 0 Å². The smallest absolute Gasteiger partial charge is 0.200 e. The summed E-state index contributed by atoms with van der Waals surface area (Å²) in [5.41, 5.74) is -0.239. The predicted molar refractivity (Wildman–Crippen MR) is 137 cm³/mol. The van der Waals surface area contributed by atoms with Crippen LogP contribution in [-0.4, -0.2) is 21.1 Å². The summed E-state index contributed by atoms with van der Waals surface area (Å²) in [5.74, 6) is -11.6. The van der Waals surface area contributed by atoms with Gasteiger partial charge in [-0.2, -0.15) is 0 Å². The second-order valence-corrected chi connectivity index (χ2v) is 10.3. The van der Waals surface area contributed by atoms with E-state index in [2.05, 4.69) is 4.98 Å². The zero-order valence-corrected chi connectivity index (χ0v) is 21.3. The molecule has 0 saturated heterocycles. The Morgan fingerprint density at radius 2 is 1.31 bits per heavy atom. The molecule has 0 aliphatic heterocycles. The van der Waals surface area contributed by atoms with E-state index in [4.69, 9.17) is 23.2 Å². The summed E-state index contributed by atoms with van der Waals surface area (Å²) >= 11 is 12.7. The van der Waals surface area contributed by atoms with Crippen molar-refractivity contribution in [2.45, 2.75) is 0 Å². The van der Waals surface area contributed by atoms with Gasteiger partial charge >= 0.3 is 0 Å². The standard InChI is InChI=1S/C27H9Cl2F5N2O2S/c28-15-8-12-13(9-16(15)29)25(38)14(24(12)37)6-11-7-17-26(36(11)10-4-2-1-3-5-10)35-27(39-17)18-19(30)21(32)23(34)22(33)20(18)31/h1-9H. The molecule has 5 aromatic rings. The maximum atomic E-state index is 14.5. The van der Waals surface area contributed by atoms with Gasteiger partial charge in [-0.15, -0.1) is 11.3 Å². The number of para-hydroxylation sites is 1. The highest BCUT2D eigenvalue weighted by Crippen LogP contribution is 2.40. The maximum absolute atomic E-state index is 14.5. The number of carbonyl (C=O) groups excluding carboxylic acids is 2. The van der Waals surface area contributed by atoms with E-state index in [1.807, 2.05) is 0 Å². The minimum atomic E-state index is -2.27. The third kappa shape index (κ3) is 3.82. The fraction of sp³-hybridized carbons (Fsp3) is 0. The summed E-state index contributed by atoms with van der Waals surface area (Å²) in [6.45, 7) is 0. The number of carbonyl (C=O) groups is 2. The van der Waals surface area contributed by atoms with E-state index in [1.165, 1.54) is 28.8 Å². The summed E-state index contributed by atoms with van der Waals surface area (Å²) < 4.78 is 72.1. The lowest BCUT2D eigenvalue weighted by Gasteiger charge is -2.08. The molecule has 3 aromatic carbocycles. The lowest BCUT2D eigenvalue weighted by atomic mass is 10.1. The first-order valence-corrected chi connectivity index (χ1v) is 12.5. The molecule has 0 spiro atoms. The molecule has 12 heteroatoms. The Balaban J connectivity index is 1.56. The highest BCUT2D eigenvalue weighted by molar-refractivity contribution is 7.21.